The molecule has 114 valence electrons. The van der Waals surface area contributed by atoms with Gasteiger partial charge in [0.15, 0.2) is 0 Å². The van der Waals surface area contributed by atoms with E-state index in [4.69, 9.17) is 10.4 Å². The van der Waals surface area contributed by atoms with Gasteiger partial charge in [0.2, 0.25) is 10.0 Å². The third-order valence-electron chi connectivity index (χ3n) is 3.17. The van der Waals surface area contributed by atoms with Gasteiger partial charge in [-0.05, 0) is 31.0 Å². The number of sulfonamides is 1. The fourth-order valence-electron chi connectivity index (χ4n) is 1.84. The molecule has 1 aromatic rings. The van der Waals surface area contributed by atoms with Gasteiger partial charge in [0.05, 0.1) is 11.0 Å². The van der Waals surface area contributed by atoms with Gasteiger partial charge in [-0.2, -0.15) is 9.57 Å². The van der Waals surface area contributed by atoms with Gasteiger partial charge in [-0.1, -0.05) is 19.1 Å². The van der Waals surface area contributed by atoms with E-state index in [0.717, 1.165) is 16.3 Å². The molecule has 0 radical (unpaired) electrons. The molecule has 6 nitrogen and oxygen atoms in total. The zero-order chi connectivity index (χ0) is 16.0. The molecule has 1 unspecified atom stereocenters. The SMILES string of the molecule is CCc1ccc(S(=O)(=O)N(CCC#N)C(C)C(=O)O)cc1. The van der Waals surface area contributed by atoms with Crippen molar-refractivity contribution in [2.45, 2.75) is 37.6 Å². The van der Waals surface area contributed by atoms with E-state index in [0.29, 0.717) is 0 Å². The maximum atomic E-state index is 12.5. The lowest BCUT2D eigenvalue weighted by Gasteiger charge is -2.24. The second-order valence-electron chi connectivity index (χ2n) is 4.54. The van der Waals surface area contributed by atoms with Crippen LogP contribution in [0.4, 0.5) is 0 Å². The number of benzene rings is 1. The van der Waals surface area contributed by atoms with Gasteiger partial charge in [-0.25, -0.2) is 8.42 Å². The molecule has 1 N–H and O–H groups in total. The van der Waals surface area contributed by atoms with Gasteiger partial charge in [0, 0.05) is 13.0 Å². The van der Waals surface area contributed by atoms with Gasteiger partial charge in [-0.15, -0.1) is 0 Å². The van der Waals surface area contributed by atoms with Crippen LogP contribution in [0.2, 0.25) is 0 Å². The first kappa shape index (κ1) is 17.1. The summed E-state index contributed by atoms with van der Waals surface area (Å²) in [4.78, 5) is 11.1. The molecular weight excluding hydrogens is 292 g/mol. The second kappa shape index (κ2) is 7.20. The fraction of sp³-hybridized carbons (Fsp3) is 0.429. The minimum atomic E-state index is -3.94. The Kier molecular flexibility index (Phi) is 5.88. The van der Waals surface area contributed by atoms with Crippen LogP contribution in [0.15, 0.2) is 29.2 Å². The van der Waals surface area contributed by atoms with Crippen LogP contribution in [-0.4, -0.2) is 36.4 Å². The van der Waals surface area contributed by atoms with Gasteiger partial charge in [0.1, 0.15) is 6.04 Å². The molecule has 0 aliphatic carbocycles. The maximum Gasteiger partial charge on any atom is 0.321 e. The minimum absolute atomic E-state index is 0.0331. The monoisotopic (exact) mass is 310 g/mol. The highest BCUT2D eigenvalue weighted by molar-refractivity contribution is 7.89. The molecule has 0 fully saturated rings. The number of carboxylic acids is 1. The van der Waals surface area contributed by atoms with Gasteiger partial charge in [-0.3, -0.25) is 4.79 Å². The summed E-state index contributed by atoms with van der Waals surface area (Å²) in [6, 6.07) is 6.92. The molecule has 0 aliphatic rings. The number of nitrogens with zero attached hydrogens (tertiary/aromatic N) is 2. The van der Waals surface area contributed by atoms with E-state index in [1.165, 1.54) is 19.1 Å². The van der Waals surface area contributed by atoms with Crippen molar-refractivity contribution in [1.82, 2.24) is 4.31 Å². The zero-order valence-corrected chi connectivity index (χ0v) is 12.8. The van der Waals surface area contributed by atoms with Crippen molar-refractivity contribution >= 4 is 16.0 Å². The van der Waals surface area contributed by atoms with Crippen LogP contribution in [0, 0.1) is 11.3 Å². The fourth-order valence-corrected chi connectivity index (χ4v) is 3.43. The Labute approximate surface area is 124 Å². The van der Waals surface area contributed by atoms with Crippen LogP contribution in [0.1, 0.15) is 25.8 Å². The molecule has 0 bridgehead atoms. The van der Waals surface area contributed by atoms with Crippen molar-refractivity contribution in [3.63, 3.8) is 0 Å². The predicted molar refractivity (Wildman–Crippen MR) is 77.0 cm³/mol. The standard InChI is InChI=1S/C14H18N2O4S/c1-3-12-5-7-13(8-6-12)21(19,20)16(10-4-9-15)11(2)14(17)18/h5-8,11H,3-4,10H2,1-2H3,(H,17,18). The highest BCUT2D eigenvalue weighted by atomic mass is 32.2. The first-order valence-corrected chi connectivity index (χ1v) is 7.99. The maximum absolute atomic E-state index is 12.5. The second-order valence-corrected chi connectivity index (χ2v) is 6.43. The van der Waals surface area contributed by atoms with E-state index < -0.39 is 22.0 Å². The molecule has 21 heavy (non-hydrogen) atoms. The van der Waals surface area contributed by atoms with Gasteiger partial charge < -0.3 is 5.11 Å². The number of carbonyl (C=O) groups is 1. The number of nitriles is 1. The van der Waals surface area contributed by atoms with E-state index in [2.05, 4.69) is 0 Å². The van der Waals surface area contributed by atoms with Crippen molar-refractivity contribution in [1.29, 1.82) is 5.26 Å². The number of aryl methyl sites for hydroxylation is 1. The molecule has 0 aromatic heterocycles. The van der Waals surface area contributed by atoms with Crippen LogP contribution in [0.25, 0.3) is 0 Å². The van der Waals surface area contributed by atoms with Crippen LogP contribution < -0.4 is 0 Å². The van der Waals surface area contributed by atoms with Crippen LogP contribution >= 0.6 is 0 Å². The summed E-state index contributed by atoms with van der Waals surface area (Å²) < 4.78 is 25.9. The number of hydrogen-bond acceptors (Lipinski definition) is 4. The quantitative estimate of drug-likeness (QED) is 0.825. The average molecular weight is 310 g/mol. The predicted octanol–water partition coefficient (Wildman–Crippen LogP) is 1.63. The lowest BCUT2D eigenvalue weighted by atomic mass is 10.2. The van der Waals surface area contributed by atoms with Crippen molar-refractivity contribution in [3.8, 4) is 6.07 Å². The molecule has 0 heterocycles. The van der Waals surface area contributed by atoms with Gasteiger partial charge >= 0.3 is 5.97 Å². The van der Waals surface area contributed by atoms with Crippen LogP contribution in [0.5, 0.6) is 0 Å². The minimum Gasteiger partial charge on any atom is -0.480 e. The zero-order valence-electron chi connectivity index (χ0n) is 12.0. The topological polar surface area (TPSA) is 98.5 Å². The lowest BCUT2D eigenvalue weighted by Crippen LogP contribution is -2.43. The summed E-state index contributed by atoms with van der Waals surface area (Å²) in [5.41, 5.74) is 0.990. The van der Waals surface area contributed by atoms with E-state index >= 15 is 0 Å². The van der Waals surface area contributed by atoms with E-state index in [-0.39, 0.29) is 17.9 Å². The molecular formula is C14H18N2O4S. The number of rotatable bonds is 7. The third-order valence-corrected chi connectivity index (χ3v) is 5.16. The molecule has 1 aromatic carbocycles. The van der Waals surface area contributed by atoms with Crippen LogP contribution in [-0.2, 0) is 21.2 Å². The number of aliphatic carboxylic acids is 1. The molecule has 1 rings (SSSR count). The molecule has 0 saturated carbocycles. The Bertz CT molecular complexity index is 632. The Morgan fingerprint density at radius 3 is 2.38 bits per heavy atom. The van der Waals surface area contributed by atoms with Crippen molar-refractivity contribution in [2.75, 3.05) is 6.54 Å². The Morgan fingerprint density at radius 2 is 1.95 bits per heavy atom. The Hall–Kier alpha value is -1.91. The number of hydrogen-bond donors (Lipinski definition) is 1. The lowest BCUT2D eigenvalue weighted by molar-refractivity contribution is -0.140. The highest BCUT2D eigenvalue weighted by Gasteiger charge is 2.32. The molecule has 0 spiro atoms. The van der Waals surface area contributed by atoms with E-state index in [1.54, 1.807) is 12.1 Å². The molecule has 0 saturated heterocycles. The summed E-state index contributed by atoms with van der Waals surface area (Å²) in [6.07, 6.45) is 0.716. The largest absolute Gasteiger partial charge is 0.480 e. The van der Waals surface area contributed by atoms with E-state index in [1.807, 2.05) is 13.0 Å². The molecule has 7 heteroatoms. The van der Waals surface area contributed by atoms with Crippen molar-refractivity contribution in [2.24, 2.45) is 0 Å². The van der Waals surface area contributed by atoms with Gasteiger partial charge in [0.25, 0.3) is 0 Å². The summed E-state index contributed by atoms with van der Waals surface area (Å²) >= 11 is 0. The van der Waals surface area contributed by atoms with E-state index in [9.17, 15) is 13.2 Å². The first-order chi connectivity index (χ1) is 9.84. The normalized spacial score (nSPS) is 12.9. The number of carboxylic acid groups (broad SMARTS) is 1. The first-order valence-electron chi connectivity index (χ1n) is 6.55. The smallest absolute Gasteiger partial charge is 0.321 e. The summed E-state index contributed by atoms with van der Waals surface area (Å²) in [7, 11) is -3.94. The van der Waals surface area contributed by atoms with Crippen LogP contribution in [0.3, 0.4) is 0 Å². The molecule has 1 atom stereocenters. The highest BCUT2D eigenvalue weighted by Crippen LogP contribution is 2.19. The van der Waals surface area contributed by atoms with Crippen molar-refractivity contribution in [3.05, 3.63) is 29.8 Å². The molecule has 0 amide bonds. The summed E-state index contributed by atoms with van der Waals surface area (Å²) in [5.74, 6) is -1.25. The Morgan fingerprint density at radius 1 is 1.38 bits per heavy atom. The molecule has 0 aliphatic heterocycles. The third kappa shape index (κ3) is 4.03. The van der Waals surface area contributed by atoms with Crippen molar-refractivity contribution < 1.29 is 18.3 Å². The average Bonchev–Trinajstić information content (AvgIpc) is 2.47. The summed E-state index contributed by atoms with van der Waals surface area (Å²) in [5, 5.41) is 17.7. The summed E-state index contributed by atoms with van der Waals surface area (Å²) in [6.45, 7) is 3.09. The Balaban J connectivity index is 3.19.